The summed E-state index contributed by atoms with van der Waals surface area (Å²) in [5.41, 5.74) is 0.330. The Balaban J connectivity index is 2.52. The summed E-state index contributed by atoms with van der Waals surface area (Å²) in [6.45, 7) is 1.84. The van der Waals surface area contributed by atoms with Gasteiger partial charge in [-0.2, -0.15) is 0 Å². The van der Waals surface area contributed by atoms with E-state index in [2.05, 4.69) is 15.9 Å². The fourth-order valence-electron chi connectivity index (χ4n) is 2.55. The zero-order valence-corrected chi connectivity index (χ0v) is 13.2. The summed E-state index contributed by atoms with van der Waals surface area (Å²) in [4.78, 5) is 11.9. The number of carboxylic acid groups (broad SMARTS) is 1. The van der Waals surface area contributed by atoms with Crippen molar-refractivity contribution in [2.24, 2.45) is 0 Å². The lowest BCUT2D eigenvalue weighted by Crippen LogP contribution is -2.37. The molecule has 1 unspecified atom stereocenters. The summed E-state index contributed by atoms with van der Waals surface area (Å²) in [5.74, 6) is -1.27. The second kappa shape index (κ2) is 6.39. The molecule has 0 heterocycles. The molecule has 0 spiro atoms. The predicted octanol–water partition coefficient (Wildman–Crippen LogP) is 4.56. The summed E-state index contributed by atoms with van der Waals surface area (Å²) in [7, 11) is 0. The molecule has 110 valence electrons. The third-order valence-electron chi connectivity index (χ3n) is 3.86. The summed E-state index contributed by atoms with van der Waals surface area (Å²) >= 11 is 3.22. The number of hydrogen-bond donors (Lipinski definition) is 1. The first-order chi connectivity index (χ1) is 10.0. The van der Waals surface area contributed by atoms with Gasteiger partial charge in [0.05, 0.1) is 9.89 Å². The van der Waals surface area contributed by atoms with Crippen LogP contribution in [0.5, 0.6) is 0 Å². The van der Waals surface area contributed by atoms with Crippen molar-refractivity contribution >= 4 is 21.9 Å². The molecule has 2 aromatic carbocycles. The molecule has 2 rings (SSSR count). The minimum atomic E-state index is -1.06. The van der Waals surface area contributed by atoms with Crippen molar-refractivity contribution in [3.8, 4) is 0 Å². The van der Waals surface area contributed by atoms with Crippen LogP contribution in [0.2, 0.25) is 0 Å². The van der Waals surface area contributed by atoms with Crippen LogP contribution in [0.15, 0.2) is 53.0 Å². The number of carboxylic acids is 1. The first-order valence-electron chi connectivity index (χ1n) is 6.73. The Kier molecular flexibility index (Phi) is 4.78. The average molecular weight is 351 g/mol. The molecule has 0 saturated carbocycles. The second-order valence-electron chi connectivity index (χ2n) is 5.00. The number of hydrogen-bond acceptors (Lipinski definition) is 1. The Morgan fingerprint density at radius 3 is 2.43 bits per heavy atom. The van der Waals surface area contributed by atoms with Gasteiger partial charge in [0, 0.05) is 0 Å². The van der Waals surface area contributed by atoms with Gasteiger partial charge in [-0.15, -0.1) is 0 Å². The Labute approximate surface area is 131 Å². The highest BCUT2D eigenvalue weighted by Gasteiger charge is 2.39. The van der Waals surface area contributed by atoms with Gasteiger partial charge in [0.2, 0.25) is 0 Å². The Hall–Kier alpha value is -1.68. The zero-order chi connectivity index (χ0) is 15.5. The van der Waals surface area contributed by atoms with Gasteiger partial charge >= 0.3 is 5.97 Å². The quantitative estimate of drug-likeness (QED) is 0.857. The lowest BCUT2D eigenvalue weighted by molar-refractivity contribution is -0.144. The molecule has 0 aliphatic rings. The molecule has 0 saturated heterocycles. The van der Waals surface area contributed by atoms with Gasteiger partial charge in [-0.3, -0.25) is 4.79 Å². The van der Waals surface area contributed by atoms with Gasteiger partial charge in [-0.1, -0.05) is 49.4 Å². The molecule has 1 N–H and O–H groups in total. The third-order valence-corrected chi connectivity index (χ3v) is 4.75. The van der Waals surface area contributed by atoms with E-state index in [9.17, 15) is 14.3 Å². The zero-order valence-electron chi connectivity index (χ0n) is 11.6. The van der Waals surface area contributed by atoms with Crippen LogP contribution in [0.1, 0.15) is 24.5 Å². The second-order valence-corrected chi connectivity index (χ2v) is 5.79. The average Bonchev–Trinajstić information content (AvgIpc) is 2.49. The minimum absolute atomic E-state index is 0.237. The first kappa shape index (κ1) is 15.7. The first-order valence-corrected chi connectivity index (χ1v) is 7.52. The van der Waals surface area contributed by atoms with Gasteiger partial charge in [0.15, 0.2) is 0 Å². The largest absolute Gasteiger partial charge is 0.481 e. The van der Waals surface area contributed by atoms with E-state index in [1.807, 2.05) is 37.3 Å². The maximum Gasteiger partial charge on any atom is 0.314 e. The van der Waals surface area contributed by atoms with Gasteiger partial charge in [-0.25, -0.2) is 4.39 Å². The van der Waals surface area contributed by atoms with Gasteiger partial charge in [-0.05, 0) is 46.0 Å². The molecule has 2 aromatic rings. The third kappa shape index (κ3) is 3.00. The molecule has 2 nitrogen and oxygen atoms in total. The molecule has 21 heavy (non-hydrogen) atoms. The molecular formula is C17H16BrFO2. The Morgan fingerprint density at radius 1 is 1.19 bits per heavy atom. The highest BCUT2D eigenvalue weighted by molar-refractivity contribution is 9.10. The normalized spacial score (nSPS) is 13.7. The van der Waals surface area contributed by atoms with Crippen LogP contribution in [0.4, 0.5) is 4.39 Å². The number of benzene rings is 2. The molecule has 0 aliphatic heterocycles. The molecule has 0 aromatic heterocycles. The van der Waals surface area contributed by atoms with Crippen LogP contribution in [-0.4, -0.2) is 11.1 Å². The maximum absolute atomic E-state index is 13.7. The fraction of sp³-hybridized carbons (Fsp3) is 0.235. The number of rotatable bonds is 5. The van der Waals surface area contributed by atoms with Crippen LogP contribution < -0.4 is 0 Å². The number of aliphatic carboxylic acids is 1. The van der Waals surface area contributed by atoms with E-state index in [4.69, 9.17) is 0 Å². The van der Waals surface area contributed by atoms with Crippen molar-refractivity contribution in [2.45, 2.75) is 25.2 Å². The molecule has 4 heteroatoms. The van der Waals surface area contributed by atoms with Crippen LogP contribution in [0, 0.1) is 5.82 Å². The molecule has 0 radical (unpaired) electrons. The minimum Gasteiger partial charge on any atom is -0.481 e. The van der Waals surface area contributed by atoms with Gasteiger partial charge in [0.1, 0.15) is 5.82 Å². The Bertz CT molecular complexity index is 642. The standard InChI is InChI=1S/C17H16BrFO2/c1-2-17(16(20)21,13-8-4-3-5-9-13)11-12-7-6-10-14(19)15(12)18/h3-10H,2,11H2,1H3,(H,20,21). The number of halogens is 2. The highest BCUT2D eigenvalue weighted by atomic mass is 79.9. The summed E-state index contributed by atoms with van der Waals surface area (Å²) in [5, 5.41) is 9.79. The van der Waals surface area contributed by atoms with Crippen molar-refractivity contribution < 1.29 is 14.3 Å². The molecular weight excluding hydrogens is 335 g/mol. The van der Waals surface area contributed by atoms with E-state index in [0.717, 1.165) is 5.56 Å². The molecule has 0 bridgehead atoms. The topological polar surface area (TPSA) is 37.3 Å². The Morgan fingerprint density at radius 2 is 1.86 bits per heavy atom. The van der Waals surface area contributed by atoms with E-state index in [1.165, 1.54) is 6.07 Å². The van der Waals surface area contributed by atoms with Crippen molar-refractivity contribution in [1.29, 1.82) is 0 Å². The van der Waals surface area contributed by atoms with E-state index < -0.39 is 11.4 Å². The van der Waals surface area contributed by atoms with E-state index in [0.29, 0.717) is 16.5 Å². The van der Waals surface area contributed by atoms with Crippen LogP contribution in [0.3, 0.4) is 0 Å². The van der Waals surface area contributed by atoms with E-state index in [1.54, 1.807) is 12.1 Å². The fourth-order valence-corrected chi connectivity index (χ4v) is 2.95. The van der Waals surface area contributed by atoms with Crippen molar-refractivity contribution in [3.05, 3.63) is 69.9 Å². The van der Waals surface area contributed by atoms with Crippen molar-refractivity contribution in [2.75, 3.05) is 0 Å². The van der Waals surface area contributed by atoms with Gasteiger partial charge in [0.25, 0.3) is 0 Å². The van der Waals surface area contributed by atoms with Crippen molar-refractivity contribution in [3.63, 3.8) is 0 Å². The highest BCUT2D eigenvalue weighted by Crippen LogP contribution is 2.35. The summed E-state index contributed by atoms with van der Waals surface area (Å²) in [6, 6.07) is 13.8. The lowest BCUT2D eigenvalue weighted by atomic mass is 9.73. The van der Waals surface area contributed by atoms with Crippen LogP contribution >= 0.6 is 15.9 Å². The van der Waals surface area contributed by atoms with Gasteiger partial charge < -0.3 is 5.11 Å². The molecule has 0 fully saturated rings. The SMILES string of the molecule is CCC(Cc1cccc(F)c1Br)(C(=O)O)c1ccccc1. The van der Waals surface area contributed by atoms with E-state index >= 15 is 0 Å². The van der Waals surface area contributed by atoms with Crippen molar-refractivity contribution in [1.82, 2.24) is 0 Å². The summed E-state index contributed by atoms with van der Waals surface area (Å²) in [6.07, 6.45) is 0.663. The smallest absolute Gasteiger partial charge is 0.314 e. The molecule has 0 aliphatic carbocycles. The predicted molar refractivity (Wildman–Crippen MR) is 83.9 cm³/mol. The monoisotopic (exact) mass is 350 g/mol. The van der Waals surface area contributed by atoms with Crippen LogP contribution in [0.25, 0.3) is 0 Å². The van der Waals surface area contributed by atoms with Crippen LogP contribution in [-0.2, 0) is 16.6 Å². The summed E-state index contributed by atoms with van der Waals surface area (Å²) < 4.78 is 14.0. The molecule has 0 amide bonds. The van der Waals surface area contributed by atoms with E-state index in [-0.39, 0.29) is 12.2 Å². The number of carbonyl (C=O) groups is 1. The maximum atomic E-state index is 13.7. The lowest BCUT2D eigenvalue weighted by Gasteiger charge is -2.29. The molecule has 1 atom stereocenters.